The highest BCUT2D eigenvalue weighted by atomic mass is 16.5. The van der Waals surface area contributed by atoms with Crippen molar-refractivity contribution >= 4 is 0 Å². The molecule has 0 aliphatic heterocycles. The second-order valence-electron chi connectivity index (χ2n) is 3.10. The maximum Gasteiger partial charge on any atom is 0.127 e. The second-order valence-corrected chi connectivity index (χ2v) is 3.10. The molecule has 1 nitrogen and oxygen atoms in total. The molecular weight excluding hydrogens is 160 g/mol. The Morgan fingerprint density at radius 3 is 2.92 bits per heavy atom. The third kappa shape index (κ3) is 3.49. The maximum atomic E-state index is 5.37. The standard InChI is InChI=1S/C12H17O/c1-3-5-7-11-8-6-9-12(10-11)13-4-2/h6,8,10H,3-5,7H2,1-2H3. The monoisotopic (exact) mass is 177 g/mol. The molecule has 1 aromatic carbocycles. The first kappa shape index (κ1) is 10.1. The summed E-state index contributed by atoms with van der Waals surface area (Å²) in [6, 6.07) is 9.20. The molecule has 0 bridgehead atoms. The molecule has 0 unspecified atom stereocenters. The predicted molar refractivity (Wildman–Crippen MR) is 55.1 cm³/mol. The molecule has 0 aromatic heterocycles. The molecule has 0 N–H and O–H groups in total. The fraction of sp³-hybridized carbons (Fsp3) is 0.500. The second kappa shape index (κ2) is 5.63. The van der Waals surface area contributed by atoms with Crippen molar-refractivity contribution in [2.24, 2.45) is 0 Å². The fourth-order valence-electron chi connectivity index (χ4n) is 1.26. The van der Waals surface area contributed by atoms with Crippen molar-refractivity contribution in [2.75, 3.05) is 6.61 Å². The van der Waals surface area contributed by atoms with E-state index in [4.69, 9.17) is 4.74 Å². The first-order valence-electron chi connectivity index (χ1n) is 5.00. The van der Waals surface area contributed by atoms with Crippen LogP contribution in [0.2, 0.25) is 0 Å². The molecule has 0 spiro atoms. The number of hydrogen-bond donors (Lipinski definition) is 0. The van der Waals surface area contributed by atoms with E-state index in [-0.39, 0.29) is 0 Å². The lowest BCUT2D eigenvalue weighted by atomic mass is 10.1. The van der Waals surface area contributed by atoms with E-state index in [1.54, 1.807) is 0 Å². The molecular formula is C12H17O. The molecule has 1 radical (unpaired) electrons. The van der Waals surface area contributed by atoms with Crippen LogP contribution in [0, 0.1) is 6.07 Å². The predicted octanol–water partition coefficient (Wildman–Crippen LogP) is 3.23. The van der Waals surface area contributed by atoms with Crippen LogP contribution in [-0.2, 0) is 6.42 Å². The average Bonchev–Trinajstić information content (AvgIpc) is 2.16. The van der Waals surface area contributed by atoms with Crippen molar-refractivity contribution in [2.45, 2.75) is 33.1 Å². The molecule has 1 rings (SSSR count). The van der Waals surface area contributed by atoms with E-state index in [0.717, 1.165) is 12.2 Å². The summed E-state index contributed by atoms with van der Waals surface area (Å²) in [5.41, 5.74) is 1.35. The van der Waals surface area contributed by atoms with Crippen LogP contribution in [0.25, 0.3) is 0 Å². The van der Waals surface area contributed by atoms with Crippen molar-refractivity contribution in [3.8, 4) is 5.75 Å². The van der Waals surface area contributed by atoms with E-state index in [0.29, 0.717) is 6.61 Å². The van der Waals surface area contributed by atoms with Crippen LogP contribution in [0.1, 0.15) is 32.3 Å². The molecule has 13 heavy (non-hydrogen) atoms. The molecule has 0 saturated heterocycles. The van der Waals surface area contributed by atoms with Gasteiger partial charge in [-0.25, -0.2) is 0 Å². The first-order valence-corrected chi connectivity index (χ1v) is 5.00. The Bertz CT molecular complexity index is 243. The van der Waals surface area contributed by atoms with Gasteiger partial charge in [-0.15, -0.1) is 0 Å². The number of rotatable bonds is 5. The van der Waals surface area contributed by atoms with Gasteiger partial charge >= 0.3 is 0 Å². The van der Waals surface area contributed by atoms with E-state index < -0.39 is 0 Å². The van der Waals surface area contributed by atoms with Gasteiger partial charge in [0.1, 0.15) is 5.75 Å². The number of benzene rings is 1. The number of hydrogen-bond acceptors (Lipinski definition) is 1. The zero-order valence-corrected chi connectivity index (χ0v) is 8.47. The minimum Gasteiger partial charge on any atom is -0.493 e. The highest BCUT2D eigenvalue weighted by Crippen LogP contribution is 2.14. The minimum atomic E-state index is 0.716. The van der Waals surface area contributed by atoms with Gasteiger partial charge in [-0.3, -0.25) is 0 Å². The normalized spacial score (nSPS) is 10.0. The summed E-state index contributed by atoms with van der Waals surface area (Å²) in [6.07, 6.45) is 3.63. The van der Waals surface area contributed by atoms with Crippen LogP contribution >= 0.6 is 0 Å². The maximum absolute atomic E-state index is 5.37. The van der Waals surface area contributed by atoms with Crippen LogP contribution in [0.3, 0.4) is 0 Å². The van der Waals surface area contributed by atoms with Gasteiger partial charge in [0.2, 0.25) is 0 Å². The molecule has 1 heteroatoms. The van der Waals surface area contributed by atoms with E-state index >= 15 is 0 Å². The summed E-state index contributed by atoms with van der Waals surface area (Å²) < 4.78 is 5.37. The van der Waals surface area contributed by atoms with Gasteiger partial charge in [0.15, 0.2) is 0 Å². The quantitative estimate of drug-likeness (QED) is 0.671. The minimum absolute atomic E-state index is 0.716. The third-order valence-corrected chi connectivity index (χ3v) is 1.96. The van der Waals surface area contributed by atoms with Gasteiger partial charge in [0, 0.05) is 6.07 Å². The van der Waals surface area contributed by atoms with E-state index in [1.807, 2.05) is 13.0 Å². The molecule has 0 heterocycles. The van der Waals surface area contributed by atoms with E-state index in [2.05, 4.69) is 25.1 Å². The lowest BCUT2D eigenvalue weighted by Gasteiger charge is -2.04. The van der Waals surface area contributed by atoms with Gasteiger partial charge in [-0.05, 0) is 31.4 Å². The Morgan fingerprint density at radius 1 is 1.38 bits per heavy atom. The van der Waals surface area contributed by atoms with Gasteiger partial charge < -0.3 is 4.74 Å². The fourth-order valence-corrected chi connectivity index (χ4v) is 1.26. The van der Waals surface area contributed by atoms with Crippen molar-refractivity contribution in [3.05, 3.63) is 29.8 Å². The van der Waals surface area contributed by atoms with E-state index in [1.165, 1.54) is 18.4 Å². The van der Waals surface area contributed by atoms with Gasteiger partial charge in [0.25, 0.3) is 0 Å². The number of ether oxygens (including phenoxy) is 1. The van der Waals surface area contributed by atoms with Crippen molar-refractivity contribution < 1.29 is 4.74 Å². The van der Waals surface area contributed by atoms with E-state index in [9.17, 15) is 0 Å². The molecule has 0 aliphatic carbocycles. The highest BCUT2D eigenvalue weighted by molar-refractivity contribution is 5.27. The number of aryl methyl sites for hydroxylation is 1. The molecule has 0 fully saturated rings. The summed E-state index contributed by atoms with van der Waals surface area (Å²) >= 11 is 0. The first-order chi connectivity index (χ1) is 6.36. The van der Waals surface area contributed by atoms with Crippen LogP contribution in [0.5, 0.6) is 5.75 Å². The Kier molecular flexibility index (Phi) is 4.37. The summed E-state index contributed by atoms with van der Waals surface area (Å²) in [5, 5.41) is 0. The lowest BCUT2D eigenvalue weighted by Crippen LogP contribution is -1.92. The third-order valence-electron chi connectivity index (χ3n) is 1.96. The topological polar surface area (TPSA) is 9.23 Å². The van der Waals surface area contributed by atoms with Crippen molar-refractivity contribution in [1.82, 2.24) is 0 Å². The Morgan fingerprint density at radius 2 is 2.23 bits per heavy atom. The molecule has 0 aliphatic rings. The highest BCUT2D eigenvalue weighted by Gasteiger charge is 1.95. The molecule has 1 aromatic rings. The van der Waals surface area contributed by atoms with Gasteiger partial charge in [0.05, 0.1) is 6.61 Å². The van der Waals surface area contributed by atoms with Crippen molar-refractivity contribution in [3.63, 3.8) is 0 Å². The van der Waals surface area contributed by atoms with Crippen LogP contribution < -0.4 is 4.74 Å². The Labute approximate surface area is 80.7 Å². The summed E-state index contributed by atoms with van der Waals surface area (Å²) in [5.74, 6) is 0.871. The smallest absolute Gasteiger partial charge is 0.127 e. The Hall–Kier alpha value is -0.980. The van der Waals surface area contributed by atoms with Gasteiger partial charge in [-0.2, -0.15) is 0 Å². The molecule has 0 amide bonds. The van der Waals surface area contributed by atoms with Crippen LogP contribution in [0.15, 0.2) is 18.2 Å². The summed E-state index contributed by atoms with van der Waals surface area (Å²) in [7, 11) is 0. The number of unbranched alkanes of at least 4 members (excludes halogenated alkanes) is 1. The van der Waals surface area contributed by atoms with Crippen molar-refractivity contribution in [1.29, 1.82) is 0 Å². The summed E-state index contributed by atoms with van der Waals surface area (Å²) in [4.78, 5) is 0. The lowest BCUT2D eigenvalue weighted by molar-refractivity contribution is 0.339. The zero-order chi connectivity index (χ0) is 9.52. The zero-order valence-electron chi connectivity index (χ0n) is 8.47. The SMILES string of the molecule is CCCCc1cc[c]c(OCC)c1. The average molecular weight is 177 g/mol. The van der Waals surface area contributed by atoms with Gasteiger partial charge in [-0.1, -0.05) is 25.5 Å². The Balaban J connectivity index is 2.56. The molecule has 0 saturated carbocycles. The largest absolute Gasteiger partial charge is 0.493 e. The van der Waals surface area contributed by atoms with Crippen LogP contribution in [0.4, 0.5) is 0 Å². The summed E-state index contributed by atoms with van der Waals surface area (Å²) in [6.45, 7) is 4.92. The van der Waals surface area contributed by atoms with Crippen LogP contribution in [-0.4, -0.2) is 6.61 Å². The molecule has 0 atom stereocenters. The molecule has 71 valence electrons.